The summed E-state index contributed by atoms with van der Waals surface area (Å²) in [6.45, 7) is 6.15. The number of rotatable bonds is 10. The molecule has 1 unspecified atom stereocenters. The molecule has 0 aliphatic heterocycles. The molecule has 0 saturated heterocycles. The topological polar surface area (TPSA) is 69.9 Å². The summed E-state index contributed by atoms with van der Waals surface area (Å²) >= 11 is 0. The highest BCUT2D eigenvalue weighted by Crippen LogP contribution is 2.22. The third-order valence-corrected chi connectivity index (χ3v) is 3.83. The Morgan fingerprint density at radius 3 is 2.71 bits per heavy atom. The van der Waals surface area contributed by atoms with E-state index in [1.165, 1.54) is 5.57 Å². The molecule has 0 spiro atoms. The van der Waals surface area contributed by atoms with Gasteiger partial charge in [-0.05, 0) is 48.1 Å². The maximum absolute atomic E-state index is 10.4. The van der Waals surface area contributed by atoms with Crippen LogP contribution in [0.15, 0.2) is 53.6 Å². The Hall–Kier alpha value is -1.88. The second-order valence-electron chi connectivity index (χ2n) is 5.68. The van der Waals surface area contributed by atoms with Gasteiger partial charge in [-0.1, -0.05) is 43.4 Å². The summed E-state index contributed by atoms with van der Waals surface area (Å²) in [5, 5.41) is 29.1. The average Bonchev–Trinajstić information content (AvgIpc) is 2.56. The van der Waals surface area contributed by atoms with Gasteiger partial charge in [-0.3, -0.25) is 0 Å². The molecule has 4 nitrogen and oxygen atoms in total. The van der Waals surface area contributed by atoms with E-state index < -0.39 is 6.10 Å². The number of aliphatic hydroxyl groups is 2. The van der Waals surface area contributed by atoms with Gasteiger partial charge in [0.25, 0.3) is 0 Å². The predicted molar refractivity (Wildman–Crippen MR) is 97.8 cm³/mol. The molecular weight excluding hydrogens is 304 g/mol. The molecule has 0 aromatic heterocycles. The number of phenols is 1. The van der Waals surface area contributed by atoms with Crippen LogP contribution in [-0.2, 0) is 4.74 Å². The maximum Gasteiger partial charge on any atom is 0.116 e. The second kappa shape index (κ2) is 10.8. The number of aliphatic hydroxyl groups excluding tert-OH is 2. The van der Waals surface area contributed by atoms with Gasteiger partial charge < -0.3 is 20.1 Å². The van der Waals surface area contributed by atoms with E-state index in [0.29, 0.717) is 24.2 Å². The molecule has 0 aliphatic carbocycles. The van der Waals surface area contributed by atoms with Gasteiger partial charge >= 0.3 is 0 Å². The van der Waals surface area contributed by atoms with Crippen LogP contribution < -0.4 is 0 Å². The fourth-order valence-corrected chi connectivity index (χ4v) is 2.55. The Balaban J connectivity index is 2.76. The molecule has 1 aromatic rings. The van der Waals surface area contributed by atoms with Crippen molar-refractivity contribution in [3.8, 4) is 5.75 Å². The molecule has 3 N–H and O–H groups in total. The number of allylic oxidation sites excluding steroid dienone is 1. The normalized spacial score (nSPS) is 13.8. The summed E-state index contributed by atoms with van der Waals surface area (Å²) in [4.78, 5) is 0. The minimum atomic E-state index is -0.695. The van der Waals surface area contributed by atoms with Crippen molar-refractivity contribution >= 4 is 6.08 Å². The van der Waals surface area contributed by atoms with Crippen LogP contribution in [0.1, 0.15) is 31.7 Å². The fourth-order valence-electron chi connectivity index (χ4n) is 2.55. The van der Waals surface area contributed by atoms with E-state index in [4.69, 9.17) is 9.84 Å². The number of benzene rings is 1. The lowest BCUT2D eigenvalue weighted by Gasteiger charge is -2.18. The van der Waals surface area contributed by atoms with Crippen LogP contribution in [0.4, 0.5) is 0 Å². The van der Waals surface area contributed by atoms with Crippen molar-refractivity contribution in [2.45, 2.75) is 32.3 Å². The number of phenolic OH excluding ortho intramolecular Hbond substituents is 1. The zero-order chi connectivity index (χ0) is 17.9. The highest BCUT2D eigenvalue weighted by Gasteiger charge is 2.14. The lowest BCUT2D eigenvalue weighted by molar-refractivity contribution is 0.189. The summed E-state index contributed by atoms with van der Waals surface area (Å²) in [5.74, 6) is 0.239. The van der Waals surface area contributed by atoms with Crippen molar-refractivity contribution in [1.82, 2.24) is 0 Å². The van der Waals surface area contributed by atoms with Gasteiger partial charge in [-0.15, -0.1) is 0 Å². The van der Waals surface area contributed by atoms with Crippen molar-refractivity contribution in [1.29, 1.82) is 0 Å². The largest absolute Gasteiger partial charge is 0.508 e. The molecule has 0 heterocycles. The number of hydrogen-bond donors (Lipinski definition) is 3. The van der Waals surface area contributed by atoms with Crippen molar-refractivity contribution in [3.05, 3.63) is 59.2 Å². The van der Waals surface area contributed by atoms with Gasteiger partial charge in [-0.2, -0.15) is 0 Å². The molecule has 1 rings (SSSR count). The molecule has 0 aliphatic rings. The Bertz CT molecular complexity index is 587. The first kappa shape index (κ1) is 20.2. The molecule has 24 heavy (non-hydrogen) atoms. The van der Waals surface area contributed by atoms with Crippen LogP contribution in [0.5, 0.6) is 5.75 Å². The summed E-state index contributed by atoms with van der Waals surface area (Å²) in [5.41, 5.74) is 3.43. The molecule has 0 bridgehead atoms. The van der Waals surface area contributed by atoms with Gasteiger partial charge in [0.1, 0.15) is 5.75 Å². The van der Waals surface area contributed by atoms with Crippen molar-refractivity contribution in [2.75, 3.05) is 20.3 Å². The molecule has 0 amide bonds. The number of hydrogen-bond acceptors (Lipinski definition) is 4. The van der Waals surface area contributed by atoms with Crippen molar-refractivity contribution in [3.63, 3.8) is 0 Å². The van der Waals surface area contributed by atoms with Gasteiger partial charge in [0.05, 0.1) is 19.3 Å². The third kappa shape index (κ3) is 6.71. The first-order chi connectivity index (χ1) is 11.5. The van der Waals surface area contributed by atoms with E-state index in [-0.39, 0.29) is 12.4 Å². The molecule has 132 valence electrons. The third-order valence-electron chi connectivity index (χ3n) is 3.83. The van der Waals surface area contributed by atoms with Gasteiger partial charge in [0.2, 0.25) is 0 Å². The molecule has 0 radical (unpaired) electrons. The quantitative estimate of drug-likeness (QED) is 0.574. The number of ether oxygens (including phenoxy) is 1. The van der Waals surface area contributed by atoms with Gasteiger partial charge in [-0.25, -0.2) is 0 Å². The first-order valence-corrected chi connectivity index (χ1v) is 8.16. The molecule has 4 heteroatoms. The van der Waals surface area contributed by atoms with Crippen molar-refractivity contribution < 1.29 is 20.1 Å². The smallest absolute Gasteiger partial charge is 0.116 e. The van der Waals surface area contributed by atoms with Crippen molar-refractivity contribution in [2.24, 2.45) is 0 Å². The average molecular weight is 332 g/mol. The zero-order valence-corrected chi connectivity index (χ0v) is 14.5. The minimum Gasteiger partial charge on any atom is -0.508 e. The van der Waals surface area contributed by atoms with Gasteiger partial charge in [0.15, 0.2) is 0 Å². The van der Waals surface area contributed by atoms with E-state index in [9.17, 15) is 10.2 Å². The van der Waals surface area contributed by atoms with E-state index in [1.54, 1.807) is 31.4 Å². The summed E-state index contributed by atoms with van der Waals surface area (Å²) < 4.78 is 5.05. The second-order valence-corrected chi connectivity index (χ2v) is 5.68. The Labute approximate surface area is 144 Å². The lowest BCUT2D eigenvalue weighted by atomic mass is 9.95. The fraction of sp³-hybridized carbons (Fsp3) is 0.400. The van der Waals surface area contributed by atoms with E-state index in [0.717, 1.165) is 18.4 Å². The van der Waals surface area contributed by atoms with Crippen LogP contribution >= 0.6 is 0 Å². The Morgan fingerprint density at radius 2 is 2.12 bits per heavy atom. The SMILES string of the molecule is C=C(COC)/C(=C/CO)C(O)CC/C(=C/c1cccc(O)c1)CC. The highest BCUT2D eigenvalue weighted by atomic mass is 16.5. The predicted octanol–water partition coefficient (Wildman–Crippen LogP) is 3.45. The lowest BCUT2D eigenvalue weighted by Crippen LogP contribution is -2.15. The monoisotopic (exact) mass is 332 g/mol. The number of methoxy groups -OCH3 is 1. The first-order valence-electron chi connectivity index (χ1n) is 8.16. The standard InChI is InChI=1S/C20H28O4/c1-4-16(12-17-6-5-7-18(22)13-17)8-9-20(23)19(10-11-21)15(2)14-24-3/h5-7,10,12-13,20-23H,2,4,8-9,11,14H2,1,3H3/b16-12+,19-10-. The Kier molecular flexibility index (Phi) is 9.08. The Morgan fingerprint density at radius 1 is 1.38 bits per heavy atom. The summed E-state index contributed by atoms with van der Waals surface area (Å²) in [7, 11) is 1.57. The number of aromatic hydroxyl groups is 1. The molecule has 0 saturated carbocycles. The van der Waals surface area contributed by atoms with Crippen LogP contribution in [0.2, 0.25) is 0 Å². The van der Waals surface area contributed by atoms with Gasteiger partial charge in [0, 0.05) is 7.11 Å². The molecule has 1 aromatic carbocycles. The summed E-state index contributed by atoms with van der Waals surface area (Å²) in [6, 6.07) is 7.09. The minimum absolute atomic E-state index is 0.144. The summed E-state index contributed by atoms with van der Waals surface area (Å²) in [6.07, 6.45) is 5.03. The van der Waals surface area contributed by atoms with E-state index >= 15 is 0 Å². The van der Waals surface area contributed by atoms with Crippen LogP contribution in [0, 0.1) is 0 Å². The molecule has 1 atom stereocenters. The highest BCUT2D eigenvalue weighted by molar-refractivity contribution is 5.54. The zero-order valence-electron chi connectivity index (χ0n) is 14.5. The molecular formula is C20H28O4. The van der Waals surface area contributed by atoms with E-state index in [2.05, 4.69) is 13.5 Å². The van der Waals surface area contributed by atoms with Crippen LogP contribution in [-0.4, -0.2) is 41.7 Å². The van der Waals surface area contributed by atoms with Crippen LogP contribution in [0.3, 0.4) is 0 Å². The maximum atomic E-state index is 10.4. The van der Waals surface area contributed by atoms with E-state index in [1.807, 2.05) is 12.1 Å². The van der Waals surface area contributed by atoms with Crippen LogP contribution in [0.25, 0.3) is 6.08 Å². The molecule has 0 fully saturated rings.